The molecule has 1 aliphatic rings. The number of anilines is 1. The van der Waals surface area contributed by atoms with E-state index in [1.165, 1.54) is 0 Å². The van der Waals surface area contributed by atoms with Crippen molar-refractivity contribution in [3.63, 3.8) is 0 Å². The summed E-state index contributed by atoms with van der Waals surface area (Å²) >= 11 is 1.59. The fourth-order valence-electron chi connectivity index (χ4n) is 2.56. The van der Waals surface area contributed by atoms with Crippen molar-refractivity contribution in [2.24, 2.45) is 5.92 Å². The van der Waals surface area contributed by atoms with Crippen molar-refractivity contribution in [1.82, 2.24) is 9.88 Å². The van der Waals surface area contributed by atoms with Crippen LogP contribution in [0, 0.1) is 5.92 Å². The number of morpholine rings is 1. The molecule has 0 spiro atoms. The highest BCUT2D eigenvalue weighted by Crippen LogP contribution is 2.27. The minimum absolute atomic E-state index is 0.137. The Bertz CT molecular complexity index is 617. The Balaban J connectivity index is 1.77. The molecule has 1 amide bonds. The number of amides is 1. The number of nitrogens with one attached hydrogen (secondary N) is 1. The van der Waals surface area contributed by atoms with Crippen LogP contribution in [0.25, 0.3) is 10.2 Å². The van der Waals surface area contributed by atoms with Crippen molar-refractivity contribution in [1.29, 1.82) is 0 Å². The Morgan fingerprint density at radius 2 is 2.05 bits per heavy atom. The summed E-state index contributed by atoms with van der Waals surface area (Å²) in [5, 5.41) is 4.15. The second kappa shape index (κ2) is 6.62. The van der Waals surface area contributed by atoms with Crippen LogP contribution < -0.4 is 5.32 Å². The summed E-state index contributed by atoms with van der Waals surface area (Å²) < 4.78 is 6.45. The third-order valence-electron chi connectivity index (χ3n) is 3.83. The minimum atomic E-state index is -0.251. The van der Waals surface area contributed by atoms with Gasteiger partial charge in [-0.15, -0.1) is 0 Å². The van der Waals surface area contributed by atoms with Gasteiger partial charge in [0.25, 0.3) is 0 Å². The van der Waals surface area contributed by atoms with Crippen LogP contribution in [0.3, 0.4) is 0 Å². The SMILES string of the molecule is CC(C)C(Nc1nc2ccccc2s1)C(=O)N1CCOCC1. The van der Waals surface area contributed by atoms with E-state index in [4.69, 9.17) is 4.74 Å². The van der Waals surface area contributed by atoms with Gasteiger partial charge in [-0.25, -0.2) is 4.98 Å². The fourth-order valence-corrected chi connectivity index (χ4v) is 3.46. The Labute approximate surface area is 134 Å². The molecule has 5 nitrogen and oxygen atoms in total. The first kappa shape index (κ1) is 15.2. The monoisotopic (exact) mass is 319 g/mol. The first-order chi connectivity index (χ1) is 10.6. The fraction of sp³-hybridized carbons (Fsp3) is 0.500. The Morgan fingerprint density at radius 1 is 1.32 bits per heavy atom. The van der Waals surface area contributed by atoms with Crippen LogP contribution in [0.15, 0.2) is 24.3 Å². The molecule has 118 valence electrons. The maximum Gasteiger partial charge on any atom is 0.245 e. The molecular formula is C16H21N3O2S. The van der Waals surface area contributed by atoms with Gasteiger partial charge in [0.2, 0.25) is 5.91 Å². The molecule has 1 fully saturated rings. The van der Waals surface area contributed by atoms with Crippen molar-refractivity contribution in [2.45, 2.75) is 19.9 Å². The number of carbonyl (C=O) groups is 1. The van der Waals surface area contributed by atoms with Crippen LogP contribution >= 0.6 is 11.3 Å². The molecule has 1 unspecified atom stereocenters. The van der Waals surface area contributed by atoms with E-state index in [0.717, 1.165) is 15.3 Å². The second-order valence-corrected chi connectivity index (χ2v) is 6.82. The Kier molecular flexibility index (Phi) is 4.59. The van der Waals surface area contributed by atoms with Crippen LogP contribution in [-0.2, 0) is 9.53 Å². The third-order valence-corrected chi connectivity index (χ3v) is 4.80. The predicted octanol–water partition coefficient (Wildman–Crippen LogP) is 2.59. The number of hydrogen-bond donors (Lipinski definition) is 1. The van der Waals surface area contributed by atoms with Gasteiger partial charge >= 0.3 is 0 Å². The van der Waals surface area contributed by atoms with Crippen molar-refractivity contribution in [3.8, 4) is 0 Å². The quantitative estimate of drug-likeness (QED) is 0.941. The van der Waals surface area contributed by atoms with Gasteiger partial charge in [-0.1, -0.05) is 37.3 Å². The third kappa shape index (κ3) is 3.23. The highest BCUT2D eigenvalue weighted by atomic mass is 32.1. The summed E-state index contributed by atoms with van der Waals surface area (Å²) in [5.41, 5.74) is 0.969. The number of thiazole rings is 1. The smallest absolute Gasteiger partial charge is 0.245 e. The van der Waals surface area contributed by atoms with Gasteiger partial charge in [0.1, 0.15) is 6.04 Å². The second-order valence-electron chi connectivity index (χ2n) is 5.79. The van der Waals surface area contributed by atoms with Crippen molar-refractivity contribution < 1.29 is 9.53 Å². The van der Waals surface area contributed by atoms with E-state index in [9.17, 15) is 4.79 Å². The van der Waals surface area contributed by atoms with E-state index in [-0.39, 0.29) is 17.9 Å². The number of fused-ring (bicyclic) bond motifs is 1. The van der Waals surface area contributed by atoms with E-state index in [1.807, 2.05) is 29.2 Å². The lowest BCUT2D eigenvalue weighted by Crippen LogP contribution is -2.49. The molecule has 1 atom stereocenters. The lowest BCUT2D eigenvalue weighted by molar-refractivity contribution is -0.137. The van der Waals surface area contributed by atoms with Gasteiger partial charge in [-0.3, -0.25) is 4.79 Å². The van der Waals surface area contributed by atoms with E-state index in [0.29, 0.717) is 26.3 Å². The zero-order chi connectivity index (χ0) is 15.5. The van der Waals surface area contributed by atoms with Crippen LogP contribution in [0.1, 0.15) is 13.8 Å². The molecule has 22 heavy (non-hydrogen) atoms. The van der Waals surface area contributed by atoms with Crippen molar-refractivity contribution in [3.05, 3.63) is 24.3 Å². The van der Waals surface area contributed by atoms with E-state index in [1.54, 1.807) is 11.3 Å². The van der Waals surface area contributed by atoms with E-state index >= 15 is 0 Å². The summed E-state index contributed by atoms with van der Waals surface area (Å²) in [6, 6.07) is 7.77. The summed E-state index contributed by atoms with van der Waals surface area (Å²) in [6.07, 6.45) is 0. The summed E-state index contributed by atoms with van der Waals surface area (Å²) in [4.78, 5) is 19.2. The van der Waals surface area contributed by atoms with E-state index < -0.39 is 0 Å². The highest BCUT2D eigenvalue weighted by Gasteiger charge is 2.28. The number of benzene rings is 1. The molecule has 0 saturated carbocycles. The largest absolute Gasteiger partial charge is 0.378 e. The van der Waals surface area contributed by atoms with Crippen molar-refractivity contribution >= 4 is 32.6 Å². The molecule has 1 N–H and O–H groups in total. The van der Waals surface area contributed by atoms with Gasteiger partial charge in [-0.05, 0) is 18.1 Å². The summed E-state index contributed by atoms with van der Waals surface area (Å²) in [5.74, 6) is 0.333. The van der Waals surface area contributed by atoms with Gasteiger partial charge in [0.05, 0.1) is 23.4 Å². The maximum absolute atomic E-state index is 12.7. The molecule has 1 aromatic heterocycles. The maximum atomic E-state index is 12.7. The molecule has 2 aromatic rings. The molecule has 6 heteroatoms. The van der Waals surface area contributed by atoms with Gasteiger partial charge < -0.3 is 15.0 Å². The van der Waals surface area contributed by atoms with Crippen LogP contribution in [0.5, 0.6) is 0 Å². The van der Waals surface area contributed by atoms with Gasteiger partial charge in [-0.2, -0.15) is 0 Å². The topological polar surface area (TPSA) is 54.5 Å². The first-order valence-electron chi connectivity index (χ1n) is 7.64. The number of aromatic nitrogens is 1. The van der Waals surface area contributed by atoms with Crippen LogP contribution in [0.4, 0.5) is 5.13 Å². The van der Waals surface area contributed by atoms with Crippen molar-refractivity contribution in [2.75, 3.05) is 31.6 Å². The van der Waals surface area contributed by atoms with Crippen LogP contribution in [0.2, 0.25) is 0 Å². The standard InChI is InChI=1S/C16H21N3O2S/c1-11(2)14(15(20)19-7-9-21-10-8-19)18-16-17-12-5-3-4-6-13(12)22-16/h3-6,11,14H,7-10H2,1-2H3,(H,17,18). The average Bonchev–Trinajstić information content (AvgIpc) is 2.95. The minimum Gasteiger partial charge on any atom is -0.378 e. The molecule has 0 radical (unpaired) electrons. The number of nitrogens with zero attached hydrogens (tertiary/aromatic N) is 2. The summed E-state index contributed by atoms with van der Waals surface area (Å²) in [7, 11) is 0. The Morgan fingerprint density at radius 3 is 2.73 bits per heavy atom. The zero-order valence-electron chi connectivity index (χ0n) is 12.9. The van der Waals surface area contributed by atoms with Crippen LogP contribution in [-0.4, -0.2) is 48.1 Å². The molecular weight excluding hydrogens is 298 g/mol. The summed E-state index contributed by atoms with van der Waals surface area (Å²) in [6.45, 7) is 6.70. The molecule has 1 aliphatic heterocycles. The lowest BCUT2D eigenvalue weighted by Gasteiger charge is -2.32. The number of hydrogen-bond acceptors (Lipinski definition) is 5. The number of rotatable bonds is 4. The van der Waals surface area contributed by atoms with E-state index in [2.05, 4.69) is 24.1 Å². The normalized spacial score (nSPS) is 17.0. The molecule has 1 aromatic carbocycles. The average molecular weight is 319 g/mol. The number of para-hydroxylation sites is 1. The predicted molar refractivity (Wildman–Crippen MR) is 89.3 cm³/mol. The van der Waals surface area contributed by atoms with Gasteiger partial charge in [0.15, 0.2) is 5.13 Å². The van der Waals surface area contributed by atoms with Gasteiger partial charge in [0, 0.05) is 13.1 Å². The highest BCUT2D eigenvalue weighted by molar-refractivity contribution is 7.22. The Hall–Kier alpha value is -1.66. The number of carbonyl (C=O) groups excluding carboxylic acids is 1. The molecule has 3 rings (SSSR count). The molecule has 0 bridgehead atoms. The molecule has 1 saturated heterocycles. The number of ether oxygens (including phenoxy) is 1. The lowest BCUT2D eigenvalue weighted by atomic mass is 10.0. The first-order valence-corrected chi connectivity index (χ1v) is 8.45. The zero-order valence-corrected chi connectivity index (χ0v) is 13.7. The molecule has 0 aliphatic carbocycles. The molecule has 2 heterocycles.